The number of nitrogens with one attached hydrogen (secondary N) is 1. The molecular weight excluding hydrogens is 376 g/mol. The largest absolute Gasteiger partial charge is 0.332 e. The van der Waals surface area contributed by atoms with E-state index < -0.39 is 0 Å². The maximum absolute atomic E-state index is 13.0. The standard InChI is InChI=1S/C24H28N4O2/c1-6-21-20(14-25-28(21)19-10-8-7-9-11-19)24(30)27(5)15-22(29)26-23-17(3)12-16(2)13-18(23)4/h7-14H,6,15H2,1-5H3,(H,26,29). The van der Waals surface area contributed by atoms with Gasteiger partial charge < -0.3 is 10.2 Å². The Kier molecular flexibility index (Phi) is 6.35. The van der Waals surface area contributed by atoms with E-state index in [1.54, 1.807) is 17.9 Å². The summed E-state index contributed by atoms with van der Waals surface area (Å²) in [5.74, 6) is -0.448. The number of hydrogen-bond donors (Lipinski definition) is 1. The molecule has 3 rings (SSSR count). The number of aryl methyl sites for hydroxylation is 3. The molecule has 0 aliphatic carbocycles. The third-order valence-corrected chi connectivity index (χ3v) is 5.10. The fourth-order valence-corrected chi connectivity index (χ4v) is 3.73. The zero-order chi connectivity index (χ0) is 21.8. The first-order valence-corrected chi connectivity index (χ1v) is 10.1. The fraction of sp³-hybridized carbons (Fsp3) is 0.292. The quantitative estimate of drug-likeness (QED) is 0.673. The average Bonchev–Trinajstić information content (AvgIpc) is 3.14. The predicted molar refractivity (Wildman–Crippen MR) is 119 cm³/mol. The van der Waals surface area contributed by atoms with Gasteiger partial charge in [0.2, 0.25) is 5.91 Å². The summed E-state index contributed by atoms with van der Waals surface area (Å²) >= 11 is 0. The molecule has 0 atom stereocenters. The van der Waals surface area contributed by atoms with Crippen molar-refractivity contribution in [3.05, 3.63) is 76.6 Å². The van der Waals surface area contributed by atoms with Crippen molar-refractivity contribution >= 4 is 17.5 Å². The van der Waals surface area contributed by atoms with Crippen LogP contribution in [0.5, 0.6) is 0 Å². The third kappa shape index (κ3) is 4.43. The van der Waals surface area contributed by atoms with E-state index in [0.717, 1.165) is 33.8 Å². The topological polar surface area (TPSA) is 67.2 Å². The van der Waals surface area contributed by atoms with Gasteiger partial charge in [-0.2, -0.15) is 5.10 Å². The van der Waals surface area contributed by atoms with Crippen molar-refractivity contribution in [2.75, 3.05) is 18.9 Å². The summed E-state index contributed by atoms with van der Waals surface area (Å²) in [7, 11) is 1.63. The Labute approximate surface area is 177 Å². The van der Waals surface area contributed by atoms with Gasteiger partial charge in [0, 0.05) is 12.7 Å². The first-order chi connectivity index (χ1) is 14.3. The minimum Gasteiger partial charge on any atom is -0.332 e. The number of likely N-dealkylation sites (N-methyl/N-ethyl adjacent to an activating group) is 1. The van der Waals surface area contributed by atoms with Crippen LogP contribution >= 0.6 is 0 Å². The highest BCUT2D eigenvalue weighted by molar-refractivity contribution is 6.00. The maximum Gasteiger partial charge on any atom is 0.257 e. The molecule has 0 unspecified atom stereocenters. The summed E-state index contributed by atoms with van der Waals surface area (Å²) in [5, 5.41) is 7.36. The molecule has 6 nitrogen and oxygen atoms in total. The highest BCUT2D eigenvalue weighted by atomic mass is 16.2. The molecule has 0 aliphatic rings. The minimum absolute atomic E-state index is 0.0364. The SMILES string of the molecule is CCc1c(C(=O)N(C)CC(=O)Nc2c(C)cc(C)cc2C)cnn1-c1ccccc1. The van der Waals surface area contributed by atoms with Gasteiger partial charge in [0.1, 0.15) is 0 Å². The van der Waals surface area contributed by atoms with Gasteiger partial charge in [-0.1, -0.05) is 42.8 Å². The fourth-order valence-electron chi connectivity index (χ4n) is 3.73. The Balaban J connectivity index is 1.75. The molecule has 1 heterocycles. The van der Waals surface area contributed by atoms with Crippen LogP contribution in [0.1, 0.15) is 39.7 Å². The first-order valence-electron chi connectivity index (χ1n) is 10.1. The lowest BCUT2D eigenvalue weighted by Gasteiger charge is -2.19. The zero-order valence-electron chi connectivity index (χ0n) is 18.2. The summed E-state index contributed by atoms with van der Waals surface area (Å²) in [6.07, 6.45) is 2.23. The van der Waals surface area contributed by atoms with Gasteiger partial charge in [-0.15, -0.1) is 0 Å². The van der Waals surface area contributed by atoms with Crippen molar-refractivity contribution in [1.29, 1.82) is 0 Å². The van der Waals surface area contributed by atoms with Crippen LogP contribution in [0.25, 0.3) is 5.69 Å². The van der Waals surface area contributed by atoms with Crippen LogP contribution in [0.3, 0.4) is 0 Å². The number of hydrogen-bond acceptors (Lipinski definition) is 3. The molecule has 2 amide bonds. The van der Waals surface area contributed by atoms with Gasteiger partial charge in [-0.3, -0.25) is 9.59 Å². The molecule has 0 aliphatic heterocycles. The van der Waals surface area contributed by atoms with Crippen molar-refractivity contribution in [3.8, 4) is 5.69 Å². The van der Waals surface area contributed by atoms with Crippen LogP contribution in [0.15, 0.2) is 48.7 Å². The average molecular weight is 405 g/mol. The van der Waals surface area contributed by atoms with E-state index in [2.05, 4.69) is 10.4 Å². The zero-order valence-corrected chi connectivity index (χ0v) is 18.2. The monoisotopic (exact) mass is 404 g/mol. The molecule has 1 N–H and O–H groups in total. The molecule has 30 heavy (non-hydrogen) atoms. The maximum atomic E-state index is 13.0. The van der Waals surface area contributed by atoms with Crippen LogP contribution in [0.4, 0.5) is 5.69 Å². The van der Waals surface area contributed by atoms with Crippen molar-refractivity contribution < 1.29 is 9.59 Å². The van der Waals surface area contributed by atoms with Gasteiger partial charge in [0.15, 0.2) is 0 Å². The van der Waals surface area contributed by atoms with Crippen LogP contribution in [0, 0.1) is 20.8 Å². The number of carbonyl (C=O) groups excluding carboxylic acids is 2. The molecule has 3 aromatic rings. The van der Waals surface area contributed by atoms with Crippen molar-refractivity contribution in [2.24, 2.45) is 0 Å². The number of nitrogens with zero attached hydrogens (tertiary/aromatic N) is 3. The first kappa shape index (κ1) is 21.3. The number of carbonyl (C=O) groups is 2. The molecule has 0 radical (unpaired) electrons. The molecule has 2 aromatic carbocycles. The van der Waals surface area contributed by atoms with Gasteiger partial charge >= 0.3 is 0 Å². The van der Waals surface area contributed by atoms with E-state index in [0.29, 0.717) is 12.0 Å². The second kappa shape index (κ2) is 8.95. The number of benzene rings is 2. The number of amides is 2. The Hall–Kier alpha value is -3.41. The number of aromatic nitrogens is 2. The van der Waals surface area contributed by atoms with Gasteiger partial charge in [-0.05, 0) is 50.5 Å². The smallest absolute Gasteiger partial charge is 0.257 e. The Morgan fingerprint density at radius 1 is 1.07 bits per heavy atom. The molecule has 1 aromatic heterocycles. The molecule has 0 saturated heterocycles. The van der Waals surface area contributed by atoms with Gasteiger partial charge in [-0.25, -0.2) is 4.68 Å². The molecule has 156 valence electrons. The summed E-state index contributed by atoms with van der Waals surface area (Å²) in [6, 6.07) is 13.8. The van der Waals surface area contributed by atoms with Gasteiger partial charge in [0.05, 0.1) is 29.7 Å². The second-order valence-electron chi connectivity index (χ2n) is 7.59. The van der Waals surface area contributed by atoms with Crippen molar-refractivity contribution in [1.82, 2.24) is 14.7 Å². The lowest BCUT2D eigenvalue weighted by Crippen LogP contribution is -2.35. The highest BCUT2D eigenvalue weighted by Gasteiger charge is 2.22. The summed E-state index contributed by atoms with van der Waals surface area (Å²) in [4.78, 5) is 27.1. The number of rotatable bonds is 6. The lowest BCUT2D eigenvalue weighted by molar-refractivity contribution is -0.116. The van der Waals surface area contributed by atoms with E-state index in [9.17, 15) is 9.59 Å². The van der Waals surface area contributed by atoms with E-state index in [1.165, 1.54) is 4.90 Å². The number of para-hydroxylation sites is 1. The second-order valence-corrected chi connectivity index (χ2v) is 7.59. The summed E-state index contributed by atoms with van der Waals surface area (Å²) in [5.41, 5.74) is 6.21. The normalized spacial score (nSPS) is 10.7. The van der Waals surface area contributed by atoms with Crippen molar-refractivity contribution in [2.45, 2.75) is 34.1 Å². The third-order valence-electron chi connectivity index (χ3n) is 5.10. The van der Waals surface area contributed by atoms with E-state index in [4.69, 9.17) is 0 Å². The van der Waals surface area contributed by atoms with Crippen LogP contribution in [-0.4, -0.2) is 40.1 Å². The molecular formula is C24H28N4O2. The molecule has 0 saturated carbocycles. The highest BCUT2D eigenvalue weighted by Crippen LogP contribution is 2.22. The van der Waals surface area contributed by atoms with Crippen LogP contribution in [0.2, 0.25) is 0 Å². The van der Waals surface area contributed by atoms with E-state index in [-0.39, 0.29) is 18.4 Å². The Morgan fingerprint density at radius 3 is 2.30 bits per heavy atom. The number of anilines is 1. The van der Waals surface area contributed by atoms with Crippen molar-refractivity contribution in [3.63, 3.8) is 0 Å². The molecule has 0 spiro atoms. The minimum atomic E-state index is -0.227. The molecule has 0 fully saturated rings. The molecule has 0 bridgehead atoms. The Morgan fingerprint density at radius 2 is 1.70 bits per heavy atom. The van der Waals surface area contributed by atoms with E-state index >= 15 is 0 Å². The van der Waals surface area contributed by atoms with Crippen LogP contribution in [-0.2, 0) is 11.2 Å². The molecule has 6 heteroatoms. The van der Waals surface area contributed by atoms with Gasteiger partial charge in [0.25, 0.3) is 5.91 Å². The summed E-state index contributed by atoms with van der Waals surface area (Å²) in [6.45, 7) is 7.92. The Bertz CT molecular complexity index is 1050. The summed E-state index contributed by atoms with van der Waals surface area (Å²) < 4.78 is 1.78. The predicted octanol–water partition coefficient (Wildman–Crippen LogP) is 4.07. The van der Waals surface area contributed by atoms with E-state index in [1.807, 2.05) is 70.2 Å². The van der Waals surface area contributed by atoms with Crippen LogP contribution < -0.4 is 5.32 Å². The lowest BCUT2D eigenvalue weighted by atomic mass is 10.1.